The Morgan fingerprint density at radius 1 is 1.06 bits per heavy atom. The van der Waals surface area contributed by atoms with Gasteiger partial charge in [0.1, 0.15) is 0 Å². The second-order valence-corrected chi connectivity index (χ2v) is 4.68. The van der Waals surface area contributed by atoms with Gasteiger partial charge in [-0.25, -0.2) is 0 Å². The zero-order chi connectivity index (χ0) is 12.3. The Hall–Kier alpha value is -1.44. The van der Waals surface area contributed by atoms with Crippen molar-refractivity contribution in [2.24, 2.45) is 0 Å². The van der Waals surface area contributed by atoms with Crippen LogP contribution in [0.25, 0.3) is 0 Å². The van der Waals surface area contributed by atoms with Crippen molar-refractivity contribution >= 4 is 11.9 Å². The van der Waals surface area contributed by atoms with Crippen LogP contribution in [-0.4, -0.2) is 11.9 Å². The van der Waals surface area contributed by atoms with E-state index in [2.05, 4.69) is 39.8 Å². The lowest BCUT2D eigenvalue weighted by molar-refractivity contribution is 0.829. The molecule has 0 spiro atoms. The van der Waals surface area contributed by atoms with Gasteiger partial charge in [-0.05, 0) is 23.0 Å². The summed E-state index contributed by atoms with van der Waals surface area (Å²) in [6, 6.07) is 6.17. The van der Waals surface area contributed by atoms with Crippen LogP contribution < -0.4 is 0 Å². The fourth-order valence-electron chi connectivity index (χ4n) is 1.93. The van der Waals surface area contributed by atoms with Gasteiger partial charge < -0.3 is 5.41 Å². The van der Waals surface area contributed by atoms with Crippen molar-refractivity contribution in [1.82, 2.24) is 0 Å². The van der Waals surface area contributed by atoms with Gasteiger partial charge in [-0.3, -0.25) is 5.41 Å². The molecule has 0 unspecified atom stereocenters. The molecule has 2 N–H and O–H groups in total. The van der Waals surface area contributed by atoms with E-state index in [9.17, 15) is 0 Å². The molecule has 0 fully saturated rings. The van der Waals surface area contributed by atoms with Gasteiger partial charge in [0.05, 0.1) is 5.71 Å². The zero-order valence-electron chi connectivity index (χ0n) is 10.5. The summed E-state index contributed by atoms with van der Waals surface area (Å²) in [5.74, 6) is 0.767. The number of benzene rings is 1. The Kier molecular flexibility index (Phi) is 3.99. The second kappa shape index (κ2) is 5.06. The van der Waals surface area contributed by atoms with Crippen molar-refractivity contribution in [1.29, 1.82) is 10.8 Å². The monoisotopic (exact) mass is 216 g/mol. The molecule has 0 saturated carbocycles. The Morgan fingerprint density at radius 2 is 1.50 bits per heavy atom. The van der Waals surface area contributed by atoms with Crippen LogP contribution in [0.2, 0.25) is 0 Å². The highest BCUT2D eigenvalue weighted by atomic mass is 14.5. The van der Waals surface area contributed by atoms with Gasteiger partial charge in [-0.15, -0.1) is 0 Å². The van der Waals surface area contributed by atoms with Gasteiger partial charge in [-0.1, -0.05) is 45.9 Å². The summed E-state index contributed by atoms with van der Waals surface area (Å²) in [4.78, 5) is 0. The van der Waals surface area contributed by atoms with Crippen LogP contribution in [0.3, 0.4) is 0 Å². The highest BCUT2D eigenvalue weighted by Crippen LogP contribution is 2.27. The van der Waals surface area contributed by atoms with Gasteiger partial charge in [0.2, 0.25) is 0 Å². The summed E-state index contributed by atoms with van der Waals surface area (Å²) in [7, 11) is 0. The molecule has 1 aromatic carbocycles. The molecule has 0 aliphatic heterocycles. The summed E-state index contributed by atoms with van der Waals surface area (Å²) < 4.78 is 0. The Bertz CT molecular complexity index is 377. The second-order valence-electron chi connectivity index (χ2n) is 4.68. The summed E-state index contributed by atoms with van der Waals surface area (Å²) >= 11 is 0. The quantitative estimate of drug-likeness (QED) is 0.716. The highest BCUT2D eigenvalue weighted by molar-refractivity contribution is 6.36. The summed E-state index contributed by atoms with van der Waals surface area (Å²) in [5.41, 5.74) is 3.59. The third-order valence-electron chi connectivity index (χ3n) is 2.79. The smallest absolute Gasteiger partial charge is 0.0793 e. The van der Waals surface area contributed by atoms with Crippen LogP contribution in [0, 0.1) is 10.8 Å². The van der Waals surface area contributed by atoms with E-state index in [0.29, 0.717) is 17.5 Å². The molecule has 1 aromatic rings. The van der Waals surface area contributed by atoms with E-state index in [1.165, 1.54) is 11.1 Å². The van der Waals surface area contributed by atoms with Crippen LogP contribution in [-0.2, 0) is 0 Å². The minimum Gasteiger partial charge on any atom is -0.307 e. The number of nitrogens with one attached hydrogen (secondary N) is 2. The molecule has 2 nitrogen and oxygen atoms in total. The van der Waals surface area contributed by atoms with E-state index in [1.807, 2.05) is 6.07 Å². The van der Waals surface area contributed by atoms with Crippen molar-refractivity contribution in [2.75, 3.05) is 0 Å². The lowest BCUT2D eigenvalue weighted by Gasteiger charge is -2.18. The predicted octanol–water partition coefficient (Wildman–Crippen LogP) is 3.95. The lowest BCUT2D eigenvalue weighted by atomic mass is 9.86. The van der Waals surface area contributed by atoms with E-state index in [-0.39, 0.29) is 0 Å². The van der Waals surface area contributed by atoms with Crippen molar-refractivity contribution in [3.63, 3.8) is 0 Å². The van der Waals surface area contributed by atoms with Crippen molar-refractivity contribution in [2.45, 2.75) is 39.5 Å². The van der Waals surface area contributed by atoms with Crippen LogP contribution >= 0.6 is 0 Å². The fraction of sp³-hybridized carbons (Fsp3) is 0.429. The van der Waals surface area contributed by atoms with E-state index in [4.69, 9.17) is 10.8 Å². The van der Waals surface area contributed by atoms with E-state index in [0.717, 1.165) is 11.8 Å². The number of hydrogen-bond acceptors (Lipinski definition) is 2. The third-order valence-corrected chi connectivity index (χ3v) is 2.79. The van der Waals surface area contributed by atoms with Crippen LogP contribution in [0.15, 0.2) is 18.2 Å². The van der Waals surface area contributed by atoms with Crippen molar-refractivity contribution in [3.05, 3.63) is 34.9 Å². The molecule has 0 amide bonds. The molecule has 0 bridgehead atoms. The zero-order valence-corrected chi connectivity index (χ0v) is 10.5. The molecule has 2 heteroatoms. The molecule has 16 heavy (non-hydrogen) atoms. The summed E-state index contributed by atoms with van der Waals surface area (Å²) in [6.45, 7) is 8.50. The summed E-state index contributed by atoms with van der Waals surface area (Å²) in [6.07, 6.45) is 1.13. The SMILES string of the molecule is CC(C)c1cccc(C(C)C)c1C(=N)C=N. The van der Waals surface area contributed by atoms with Crippen molar-refractivity contribution in [3.8, 4) is 0 Å². The topological polar surface area (TPSA) is 47.7 Å². The Balaban J connectivity index is 3.46. The average Bonchev–Trinajstić information content (AvgIpc) is 2.26. The van der Waals surface area contributed by atoms with E-state index >= 15 is 0 Å². The molecular weight excluding hydrogens is 196 g/mol. The molecular formula is C14H20N2. The first-order valence-electron chi connectivity index (χ1n) is 5.71. The maximum absolute atomic E-state index is 7.90. The maximum atomic E-state index is 7.90. The maximum Gasteiger partial charge on any atom is 0.0793 e. The lowest BCUT2D eigenvalue weighted by Crippen LogP contribution is -2.10. The van der Waals surface area contributed by atoms with Crippen molar-refractivity contribution < 1.29 is 0 Å². The minimum absolute atomic E-state index is 0.313. The minimum atomic E-state index is 0.313. The van der Waals surface area contributed by atoms with Gasteiger partial charge in [-0.2, -0.15) is 0 Å². The third kappa shape index (κ3) is 2.38. The first kappa shape index (κ1) is 12.6. The van der Waals surface area contributed by atoms with Crippen LogP contribution in [0.5, 0.6) is 0 Å². The molecule has 1 rings (SSSR count). The largest absolute Gasteiger partial charge is 0.307 e. The van der Waals surface area contributed by atoms with E-state index < -0.39 is 0 Å². The number of rotatable bonds is 4. The Morgan fingerprint density at radius 3 is 1.81 bits per heavy atom. The van der Waals surface area contributed by atoms with Gasteiger partial charge in [0.15, 0.2) is 0 Å². The average molecular weight is 216 g/mol. The van der Waals surface area contributed by atoms with E-state index in [1.54, 1.807) is 0 Å². The van der Waals surface area contributed by atoms with Gasteiger partial charge in [0, 0.05) is 11.8 Å². The molecule has 0 radical (unpaired) electrons. The van der Waals surface area contributed by atoms with Gasteiger partial charge >= 0.3 is 0 Å². The van der Waals surface area contributed by atoms with Gasteiger partial charge in [0.25, 0.3) is 0 Å². The fourth-order valence-corrected chi connectivity index (χ4v) is 1.93. The van der Waals surface area contributed by atoms with Crippen LogP contribution in [0.4, 0.5) is 0 Å². The predicted molar refractivity (Wildman–Crippen MR) is 70.2 cm³/mol. The molecule has 86 valence electrons. The number of hydrogen-bond donors (Lipinski definition) is 2. The molecule has 0 aromatic heterocycles. The molecule has 0 atom stereocenters. The first-order chi connectivity index (χ1) is 7.49. The normalized spacial score (nSPS) is 10.9. The Labute approximate surface area is 97.7 Å². The summed E-state index contributed by atoms with van der Waals surface area (Å²) in [5, 5.41) is 15.2. The highest BCUT2D eigenvalue weighted by Gasteiger charge is 2.15. The first-order valence-corrected chi connectivity index (χ1v) is 5.71. The molecule has 0 heterocycles. The molecule has 0 saturated heterocycles. The standard InChI is InChI=1S/C14H20N2/c1-9(2)11-6-5-7-12(10(3)4)14(11)13(16)8-15/h5-10,15-16H,1-4H3. The van der Waals surface area contributed by atoms with Crippen LogP contribution in [0.1, 0.15) is 56.2 Å². The molecule has 0 aliphatic carbocycles. The molecule has 0 aliphatic rings.